The molecule has 3 rings (SSSR count). The number of aryl methyl sites for hydroxylation is 2. The molecule has 138 valence electrons. The van der Waals surface area contributed by atoms with Gasteiger partial charge in [0.05, 0.1) is 22.4 Å². The summed E-state index contributed by atoms with van der Waals surface area (Å²) in [5.41, 5.74) is 2.31. The number of ether oxygens (including phenoxy) is 1. The molecule has 2 aromatic rings. The molecule has 2 heterocycles. The summed E-state index contributed by atoms with van der Waals surface area (Å²) in [5, 5.41) is 6.82. The summed E-state index contributed by atoms with van der Waals surface area (Å²) in [5.74, 6) is 0.352. The third-order valence-electron chi connectivity index (χ3n) is 4.28. The average Bonchev–Trinajstić information content (AvgIpc) is 3.00. The maximum absolute atomic E-state index is 12.6. The van der Waals surface area contributed by atoms with Gasteiger partial charge in [-0.2, -0.15) is 0 Å². The first-order valence-electron chi connectivity index (χ1n) is 8.81. The number of nitrogens with one attached hydrogen (secondary N) is 2. The Morgan fingerprint density at radius 1 is 1.46 bits per heavy atom. The zero-order chi connectivity index (χ0) is 18.7. The molecule has 0 fully saturated rings. The van der Waals surface area contributed by atoms with Gasteiger partial charge in [-0.25, -0.2) is 4.98 Å². The van der Waals surface area contributed by atoms with Gasteiger partial charge in [0.15, 0.2) is 6.61 Å². The minimum absolute atomic E-state index is 0.0314. The number of amides is 2. The van der Waals surface area contributed by atoms with E-state index in [9.17, 15) is 9.59 Å². The van der Waals surface area contributed by atoms with Crippen molar-refractivity contribution in [3.05, 3.63) is 39.3 Å². The molecule has 2 N–H and O–H groups in total. The van der Waals surface area contributed by atoms with E-state index < -0.39 is 0 Å². The van der Waals surface area contributed by atoms with E-state index in [1.807, 2.05) is 32.0 Å². The van der Waals surface area contributed by atoms with Gasteiger partial charge in [0, 0.05) is 0 Å². The van der Waals surface area contributed by atoms with Crippen molar-refractivity contribution in [3.8, 4) is 5.75 Å². The van der Waals surface area contributed by atoms with Crippen molar-refractivity contribution in [2.45, 2.75) is 46.1 Å². The van der Waals surface area contributed by atoms with Crippen LogP contribution < -0.4 is 15.4 Å². The van der Waals surface area contributed by atoms with Crippen molar-refractivity contribution in [1.82, 2.24) is 10.3 Å². The molecule has 26 heavy (non-hydrogen) atoms. The lowest BCUT2D eigenvalue weighted by molar-refractivity contribution is -0.118. The molecule has 0 radical (unpaired) electrons. The number of aromatic nitrogens is 1. The second-order valence-electron chi connectivity index (χ2n) is 6.41. The number of benzene rings is 1. The van der Waals surface area contributed by atoms with Gasteiger partial charge in [0.2, 0.25) is 0 Å². The van der Waals surface area contributed by atoms with Crippen molar-refractivity contribution in [2.75, 3.05) is 11.9 Å². The fourth-order valence-electron chi connectivity index (χ4n) is 2.81. The van der Waals surface area contributed by atoms with E-state index in [4.69, 9.17) is 4.74 Å². The van der Waals surface area contributed by atoms with Crippen LogP contribution in [0.15, 0.2) is 18.2 Å². The number of unbranched alkanes of at least 4 members (excludes halogenated alkanes) is 1. The summed E-state index contributed by atoms with van der Waals surface area (Å²) >= 11 is 1.47. The number of rotatable bonds is 6. The van der Waals surface area contributed by atoms with Crippen molar-refractivity contribution < 1.29 is 14.3 Å². The van der Waals surface area contributed by atoms with Crippen LogP contribution in [0.4, 0.5) is 5.69 Å². The first-order valence-corrected chi connectivity index (χ1v) is 9.63. The van der Waals surface area contributed by atoms with Gasteiger partial charge in [0.25, 0.3) is 11.8 Å². The van der Waals surface area contributed by atoms with E-state index in [2.05, 4.69) is 22.5 Å². The highest BCUT2D eigenvalue weighted by Crippen LogP contribution is 2.30. The first-order chi connectivity index (χ1) is 12.5. The molecule has 2 amide bonds. The number of thiazole rings is 1. The summed E-state index contributed by atoms with van der Waals surface area (Å²) in [6.07, 6.45) is 3.10. The van der Waals surface area contributed by atoms with Gasteiger partial charge in [-0.15, -0.1) is 11.3 Å². The molecule has 0 aliphatic carbocycles. The Labute approximate surface area is 157 Å². The maximum atomic E-state index is 12.6. The van der Waals surface area contributed by atoms with Crippen molar-refractivity contribution in [2.24, 2.45) is 0 Å². The lowest BCUT2D eigenvalue weighted by Gasteiger charge is -2.20. The van der Waals surface area contributed by atoms with E-state index in [-0.39, 0.29) is 24.5 Å². The Balaban J connectivity index is 1.70. The predicted molar refractivity (Wildman–Crippen MR) is 102 cm³/mol. The van der Waals surface area contributed by atoms with Crippen molar-refractivity contribution in [1.29, 1.82) is 0 Å². The Kier molecular flexibility index (Phi) is 5.56. The molecule has 0 spiro atoms. The van der Waals surface area contributed by atoms with Gasteiger partial charge >= 0.3 is 0 Å². The molecule has 6 nitrogen and oxygen atoms in total. The summed E-state index contributed by atoms with van der Waals surface area (Å²) in [7, 11) is 0. The largest absolute Gasteiger partial charge is 0.482 e. The van der Waals surface area contributed by atoms with Crippen LogP contribution in [-0.2, 0) is 11.2 Å². The van der Waals surface area contributed by atoms with E-state index >= 15 is 0 Å². The topological polar surface area (TPSA) is 80.3 Å². The standard InChI is InChI=1S/C19H23N3O3S/c1-4-5-6-17-20-12(3)18(26-17)19(24)21-11(2)13-7-8-15-14(9-13)22-16(23)10-25-15/h7-9,11H,4-6,10H2,1-3H3,(H,21,24)(H,22,23). The number of hydrogen-bond acceptors (Lipinski definition) is 5. The molecular formula is C19H23N3O3S. The van der Waals surface area contributed by atoms with Crippen LogP contribution in [0, 0.1) is 6.92 Å². The third-order valence-corrected chi connectivity index (χ3v) is 5.49. The minimum Gasteiger partial charge on any atom is -0.482 e. The molecule has 1 aromatic carbocycles. The smallest absolute Gasteiger partial charge is 0.263 e. The maximum Gasteiger partial charge on any atom is 0.263 e. The predicted octanol–water partition coefficient (Wildman–Crippen LogP) is 3.62. The summed E-state index contributed by atoms with van der Waals surface area (Å²) in [6.45, 7) is 5.96. The van der Waals surface area contributed by atoms with Crippen LogP contribution in [0.3, 0.4) is 0 Å². The molecule has 1 aliphatic heterocycles. The number of anilines is 1. The summed E-state index contributed by atoms with van der Waals surface area (Å²) < 4.78 is 5.37. The van der Waals surface area contributed by atoms with E-state index in [1.165, 1.54) is 11.3 Å². The van der Waals surface area contributed by atoms with Crippen LogP contribution in [0.1, 0.15) is 58.7 Å². The van der Waals surface area contributed by atoms with Crippen molar-refractivity contribution >= 4 is 28.8 Å². The van der Waals surface area contributed by atoms with Crippen LogP contribution in [-0.4, -0.2) is 23.4 Å². The molecule has 0 saturated heterocycles. The fourth-order valence-corrected chi connectivity index (χ4v) is 3.82. The Morgan fingerprint density at radius 3 is 3.04 bits per heavy atom. The van der Waals surface area contributed by atoms with Crippen molar-refractivity contribution in [3.63, 3.8) is 0 Å². The minimum atomic E-state index is -0.202. The first kappa shape index (κ1) is 18.4. The molecule has 1 aliphatic rings. The number of fused-ring (bicyclic) bond motifs is 1. The highest BCUT2D eigenvalue weighted by atomic mass is 32.1. The second kappa shape index (κ2) is 7.86. The van der Waals surface area contributed by atoms with Crippen LogP contribution >= 0.6 is 11.3 Å². The number of hydrogen-bond donors (Lipinski definition) is 2. The van der Waals surface area contributed by atoms with E-state index in [1.54, 1.807) is 0 Å². The normalized spacial score (nSPS) is 14.2. The summed E-state index contributed by atoms with van der Waals surface area (Å²) in [4.78, 5) is 29.3. The molecule has 1 atom stereocenters. The SMILES string of the molecule is CCCCc1nc(C)c(C(=O)NC(C)c2ccc3c(c2)NC(=O)CO3)s1. The Hall–Kier alpha value is -2.41. The zero-order valence-corrected chi connectivity index (χ0v) is 16.0. The number of carbonyl (C=O) groups excluding carboxylic acids is 2. The molecule has 1 aromatic heterocycles. The van der Waals surface area contributed by atoms with E-state index in [0.717, 1.165) is 35.5 Å². The molecule has 1 unspecified atom stereocenters. The average molecular weight is 373 g/mol. The number of nitrogens with zero attached hydrogens (tertiary/aromatic N) is 1. The Bertz CT molecular complexity index is 831. The van der Waals surface area contributed by atoms with Crippen LogP contribution in [0.2, 0.25) is 0 Å². The second-order valence-corrected chi connectivity index (χ2v) is 7.50. The third kappa shape index (κ3) is 4.04. The fraction of sp³-hybridized carbons (Fsp3) is 0.421. The lowest BCUT2D eigenvalue weighted by Crippen LogP contribution is -2.28. The van der Waals surface area contributed by atoms with E-state index in [0.29, 0.717) is 16.3 Å². The van der Waals surface area contributed by atoms with Crippen LogP contribution in [0.25, 0.3) is 0 Å². The quantitative estimate of drug-likeness (QED) is 0.810. The molecule has 0 saturated carbocycles. The monoisotopic (exact) mass is 373 g/mol. The lowest BCUT2D eigenvalue weighted by atomic mass is 10.1. The zero-order valence-electron chi connectivity index (χ0n) is 15.2. The van der Waals surface area contributed by atoms with Gasteiger partial charge in [-0.05, 0) is 44.4 Å². The number of carbonyl (C=O) groups is 2. The molecular weight excluding hydrogens is 350 g/mol. The van der Waals surface area contributed by atoms with Gasteiger partial charge < -0.3 is 15.4 Å². The molecule has 7 heteroatoms. The Morgan fingerprint density at radius 2 is 2.27 bits per heavy atom. The van der Waals surface area contributed by atoms with Crippen LogP contribution in [0.5, 0.6) is 5.75 Å². The highest BCUT2D eigenvalue weighted by molar-refractivity contribution is 7.13. The van der Waals surface area contributed by atoms with Gasteiger partial charge in [-0.1, -0.05) is 19.4 Å². The molecule has 0 bridgehead atoms. The highest BCUT2D eigenvalue weighted by Gasteiger charge is 2.20. The summed E-state index contributed by atoms with van der Waals surface area (Å²) in [6, 6.07) is 5.34. The van der Waals surface area contributed by atoms with Gasteiger partial charge in [-0.3, -0.25) is 9.59 Å². The van der Waals surface area contributed by atoms with Gasteiger partial charge in [0.1, 0.15) is 10.6 Å².